The second kappa shape index (κ2) is 7.17. The first-order valence-corrected chi connectivity index (χ1v) is 6.61. The van der Waals surface area contributed by atoms with Crippen LogP contribution in [0.1, 0.15) is 37.0 Å². The number of nitrogens with one attached hydrogen (secondary N) is 2. The first-order valence-electron chi connectivity index (χ1n) is 6.61. The highest BCUT2D eigenvalue weighted by molar-refractivity contribution is 5.81. The van der Waals surface area contributed by atoms with Gasteiger partial charge in [0.1, 0.15) is 0 Å². The largest absolute Gasteiger partial charge is 0.355 e. The fourth-order valence-electron chi connectivity index (χ4n) is 1.75. The van der Waals surface area contributed by atoms with E-state index in [2.05, 4.69) is 49.6 Å². The number of carbonyl (C=O) groups excluding carboxylic acids is 1. The van der Waals surface area contributed by atoms with Crippen molar-refractivity contribution in [3.8, 4) is 0 Å². The third-order valence-electron chi connectivity index (χ3n) is 3.05. The summed E-state index contributed by atoms with van der Waals surface area (Å²) in [4.78, 5) is 11.7. The van der Waals surface area contributed by atoms with Crippen LogP contribution in [-0.2, 0) is 11.3 Å². The Morgan fingerprint density at radius 2 is 2.06 bits per heavy atom. The van der Waals surface area contributed by atoms with E-state index in [0.29, 0.717) is 0 Å². The van der Waals surface area contributed by atoms with Gasteiger partial charge in [0.25, 0.3) is 0 Å². The molecular weight excluding hydrogens is 224 g/mol. The second-order valence-electron chi connectivity index (χ2n) is 4.82. The van der Waals surface area contributed by atoms with Gasteiger partial charge in [-0.2, -0.15) is 0 Å². The highest BCUT2D eigenvalue weighted by Gasteiger charge is 2.11. The van der Waals surface area contributed by atoms with Crippen LogP contribution in [0, 0.1) is 13.8 Å². The number of carbonyl (C=O) groups is 1. The van der Waals surface area contributed by atoms with Crippen molar-refractivity contribution < 1.29 is 4.79 Å². The minimum Gasteiger partial charge on any atom is -0.355 e. The summed E-state index contributed by atoms with van der Waals surface area (Å²) < 4.78 is 0. The minimum atomic E-state index is -0.156. The van der Waals surface area contributed by atoms with Crippen molar-refractivity contribution in [1.82, 2.24) is 10.6 Å². The van der Waals surface area contributed by atoms with Crippen LogP contribution in [-0.4, -0.2) is 18.5 Å². The van der Waals surface area contributed by atoms with Crippen molar-refractivity contribution in [3.05, 3.63) is 34.9 Å². The lowest BCUT2D eigenvalue weighted by atomic mass is 10.1. The van der Waals surface area contributed by atoms with Gasteiger partial charge in [-0.25, -0.2) is 0 Å². The van der Waals surface area contributed by atoms with E-state index < -0.39 is 0 Å². The summed E-state index contributed by atoms with van der Waals surface area (Å²) >= 11 is 0. The Kier molecular flexibility index (Phi) is 5.86. The van der Waals surface area contributed by atoms with E-state index in [4.69, 9.17) is 0 Å². The van der Waals surface area contributed by atoms with E-state index in [-0.39, 0.29) is 11.9 Å². The van der Waals surface area contributed by atoms with Crippen LogP contribution in [0.5, 0.6) is 0 Å². The zero-order valence-corrected chi connectivity index (χ0v) is 11.8. The van der Waals surface area contributed by atoms with Gasteiger partial charge >= 0.3 is 0 Å². The summed E-state index contributed by atoms with van der Waals surface area (Å²) in [6.07, 6.45) is 0.968. The molecule has 0 heterocycles. The maximum atomic E-state index is 11.7. The summed E-state index contributed by atoms with van der Waals surface area (Å²) in [7, 11) is 0. The van der Waals surface area contributed by atoms with Crippen LogP contribution < -0.4 is 10.6 Å². The summed E-state index contributed by atoms with van der Waals surface area (Å²) in [6, 6.07) is 6.24. The van der Waals surface area contributed by atoms with E-state index in [1.807, 2.05) is 6.92 Å². The summed E-state index contributed by atoms with van der Waals surface area (Å²) in [6.45, 7) is 9.60. The fraction of sp³-hybridized carbons (Fsp3) is 0.533. The zero-order valence-electron chi connectivity index (χ0n) is 11.8. The number of hydrogen-bond acceptors (Lipinski definition) is 2. The number of amides is 1. The van der Waals surface area contributed by atoms with Gasteiger partial charge in [-0.05, 0) is 38.3 Å². The van der Waals surface area contributed by atoms with Crippen molar-refractivity contribution in [3.63, 3.8) is 0 Å². The molecule has 1 unspecified atom stereocenters. The summed E-state index contributed by atoms with van der Waals surface area (Å²) in [5, 5.41) is 6.16. The zero-order chi connectivity index (χ0) is 13.5. The third-order valence-corrected chi connectivity index (χ3v) is 3.05. The SMILES string of the molecule is CCCNC(=O)C(C)NCc1cc(C)ccc1C. The Morgan fingerprint density at radius 3 is 2.72 bits per heavy atom. The molecule has 0 radical (unpaired) electrons. The van der Waals surface area contributed by atoms with Crippen LogP contribution in [0.15, 0.2) is 18.2 Å². The number of rotatable bonds is 6. The van der Waals surface area contributed by atoms with Crippen molar-refractivity contribution in [1.29, 1.82) is 0 Å². The molecule has 100 valence electrons. The molecule has 1 aromatic rings. The molecule has 0 aliphatic heterocycles. The standard InChI is InChI=1S/C15H24N2O/c1-5-8-16-15(18)13(4)17-10-14-9-11(2)6-7-12(14)3/h6-7,9,13,17H,5,8,10H2,1-4H3,(H,16,18). The Hall–Kier alpha value is -1.35. The Balaban J connectivity index is 2.49. The van der Waals surface area contributed by atoms with Crippen molar-refractivity contribution in [2.45, 2.75) is 46.7 Å². The maximum Gasteiger partial charge on any atom is 0.236 e. The van der Waals surface area contributed by atoms with Gasteiger partial charge in [0.2, 0.25) is 5.91 Å². The molecule has 1 amide bonds. The predicted octanol–water partition coefficient (Wildman–Crippen LogP) is 2.31. The van der Waals surface area contributed by atoms with Crippen LogP contribution in [0.2, 0.25) is 0 Å². The molecule has 1 aromatic carbocycles. The average molecular weight is 248 g/mol. The molecule has 0 spiro atoms. The van der Waals surface area contributed by atoms with E-state index in [1.54, 1.807) is 0 Å². The minimum absolute atomic E-state index is 0.0714. The number of benzene rings is 1. The summed E-state index contributed by atoms with van der Waals surface area (Å²) in [5.74, 6) is 0.0714. The quantitative estimate of drug-likeness (QED) is 0.811. The van der Waals surface area contributed by atoms with Crippen molar-refractivity contribution >= 4 is 5.91 Å². The molecule has 1 rings (SSSR count). The molecule has 0 saturated heterocycles. The average Bonchev–Trinajstić information content (AvgIpc) is 2.36. The Morgan fingerprint density at radius 1 is 1.33 bits per heavy atom. The fourth-order valence-corrected chi connectivity index (χ4v) is 1.75. The molecular formula is C15H24N2O. The Labute approximate surface area is 110 Å². The van der Waals surface area contributed by atoms with Gasteiger partial charge in [0.15, 0.2) is 0 Å². The molecule has 0 aromatic heterocycles. The van der Waals surface area contributed by atoms with Crippen LogP contribution in [0.4, 0.5) is 0 Å². The second-order valence-corrected chi connectivity index (χ2v) is 4.82. The van der Waals surface area contributed by atoms with Gasteiger partial charge < -0.3 is 10.6 Å². The van der Waals surface area contributed by atoms with Crippen LogP contribution in [0.25, 0.3) is 0 Å². The molecule has 3 nitrogen and oxygen atoms in total. The van der Waals surface area contributed by atoms with Gasteiger partial charge in [0, 0.05) is 13.1 Å². The highest BCUT2D eigenvalue weighted by atomic mass is 16.2. The molecule has 0 bridgehead atoms. The van der Waals surface area contributed by atoms with Crippen LogP contribution >= 0.6 is 0 Å². The third kappa shape index (κ3) is 4.49. The summed E-state index contributed by atoms with van der Waals surface area (Å²) in [5.41, 5.74) is 3.76. The Bertz CT molecular complexity index is 401. The van der Waals surface area contributed by atoms with E-state index in [9.17, 15) is 4.79 Å². The molecule has 3 heteroatoms. The van der Waals surface area contributed by atoms with Gasteiger partial charge in [-0.1, -0.05) is 30.7 Å². The van der Waals surface area contributed by atoms with Crippen LogP contribution in [0.3, 0.4) is 0 Å². The molecule has 1 atom stereocenters. The first kappa shape index (κ1) is 14.7. The predicted molar refractivity (Wildman–Crippen MR) is 75.5 cm³/mol. The lowest BCUT2D eigenvalue weighted by Crippen LogP contribution is -2.42. The number of hydrogen-bond donors (Lipinski definition) is 2. The number of aryl methyl sites for hydroxylation is 2. The molecule has 0 fully saturated rings. The van der Waals surface area contributed by atoms with E-state index in [0.717, 1.165) is 19.5 Å². The first-order chi connectivity index (χ1) is 8.54. The highest BCUT2D eigenvalue weighted by Crippen LogP contribution is 2.10. The molecule has 0 aliphatic carbocycles. The molecule has 18 heavy (non-hydrogen) atoms. The van der Waals surface area contributed by atoms with Crippen molar-refractivity contribution in [2.75, 3.05) is 6.54 Å². The topological polar surface area (TPSA) is 41.1 Å². The van der Waals surface area contributed by atoms with E-state index >= 15 is 0 Å². The smallest absolute Gasteiger partial charge is 0.236 e. The normalized spacial score (nSPS) is 12.2. The van der Waals surface area contributed by atoms with Gasteiger partial charge in [-0.15, -0.1) is 0 Å². The molecule has 2 N–H and O–H groups in total. The van der Waals surface area contributed by atoms with E-state index in [1.165, 1.54) is 16.7 Å². The maximum absolute atomic E-state index is 11.7. The molecule has 0 saturated carbocycles. The lowest BCUT2D eigenvalue weighted by molar-refractivity contribution is -0.122. The van der Waals surface area contributed by atoms with Gasteiger partial charge in [0.05, 0.1) is 6.04 Å². The lowest BCUT2D eigenvalue weighted by Gasteiger charge is -2.15. The monoisotopic (exact) mass is 248 g/mol. The van der Waals surface area contributed by atoms with Gasteiger partial charge in [-0.3, -0.25) is 4.79 Å². The molecule has 0 aliphatic rings. The van der Waals surface area contributed by atoms with Crippen molar-refractivity contribution in [2.24, 2.45) is 0 Å².